The van der Waals surface area contributed by atoms with Crippen molar-refractivity contribution in [3.8, 4) is 5.75 Å². The lowest BCUT2D eigenvalue weighted by molar-refractivity contribution is -0.132. The number of hydrogen-bond donors (Lipinski definition) is 1. The van der Waals surface area contributed by atoms with Gasteiger partial charge in [0.15, 0.2) is 0 Å². The van der Waals surface area contributed by atoms with Gasteiger partial charge in [-0.15, -0.1) is 0 Å². The number of carbonyl (C=O) groups excluding carboxylic acids is 2. The number of hydrogen-bond acceptors (Lipinski definition) is 4. The number of halogens is 1. The van der Waals surface area contributed by atoms with Crippen molar-refractivity contribution >= 4 is 39.1 Å². The minimum atomic E-state index is -0.836. The summed E-state index contributed by atoms with van der Waals surface area (Å²) in [6.07, 6.45) is 0. The van der Waals surface area contributed by atoms with E-state index in [0.717, 1.165) is 15.6 Å². The van der Waals surface area contributed by atoms with Gasteiger partial charge >= 0.3 is 0 Å². The van der Waals surface area contributed by atoms with E-state index in [9.17, 15) is 14.7 Å². The first-order valence-corrected chi connectivity index (χ1v) is 10.9. The lowest BCUT2D eigenvalue weighted by Crippen LogP contribution is -2.29. The summed E-state index contributed by atoms with van der Waals surface area (Å²) in [5, 5.41) is 11.3. The predicted molar refractivity (Wildman–Crippen MR) is 128 cm³/mol. The van der Waals surface area contributed by atoms with E-state index in [1.807, 2.05) is 44.2 Å². The number of rotatable bonds is 4. The Kier molecular flexibility index (Phi) is 5.89. The Bertz CT molecular complexity index is 1260. The molecular weight excluding hydrogens is 470 g/mol. The summed E-state index contributed by atoms with van der Waals surface area (Å²) in [7, 11) is 1.54. The van der Waals surface area contributed by atoms with E-state index >= 15 is 0 Å². The second-order valence-corrected chi connectivity index (χ2v) is 8.57. The highest BCUT2D eigenvalue weighted by atomic mass is 79.9. The van der Waals surface area contributed by atoms with Gasteiger partial charge in [0.05, 0.1) is 18.7 Å². The maximum absolute atomic E-state index is 13.3. The molecule has 1 aliphatic rings. The maximum Gasteiger partial charge on any atom is 0.300 e. The van der Waals surface area contributed by atoms with Crippen LogP contribution in [0.3, 0.4) is 0 Å². The number of methoxy groups -OCH3 is 1. The fourth-order valence-corrected chi connectivity index (χ4v) is 4.26. The molecule has 0 radical (unpaired) electrons. The normalized spacial score (nSPS) is 17.6. The molecule has 0 spiro atoms. The van der Waals surface area contributed by atoms with Crippen LogP contribution < -0.4 is 9.64 Å². The van der Waals surface area contributed by atoms with Gasteiger partial charge in [0, 0.05) is 21.3 Å². The molecule has 6 heteroatoms. The summed E-state index contributed by atoms with van der Waals surface area (Å²) >= 11 is 3.45. The molecule has 1 aliphatic heterocycles. The van der Waals surface area contributed by atoms with E-state index in [1.165, 1.54) is 12.0 Å². The number of aliphatic hydroxyl groups is 1. The van der Waals surface area contributed by atoms with Gasteiger partial charge in [-0.1, -0.05) is 52.3 Å². The van der Waals surface area contributed by atoms with Crippen molar-refractivity contribution in [3.63, 3.8) is 0 Å². The third-order valence-electron chi connectivity index (χ3n) is 5.59. The van der Waals surface area contributed by atoms with E-state index in [4.69, 9.17) is 4.74 Å². The number of amides is 1. The summed E-state index contributed by atoms with van der Waals surface area (Å²) in [4.78, 5) is 28.0. The van der Waals surface area contributed by atoms with Crippen molar-refractivity contribution in [3.05, 3.63) is 99.0 Å². The van der Waals surface area contributed by atoms with Crippen LogP contribution in [0.5, 0.6) is 5.75 Å². The van der Waals surface area contributed by atoms with Gasteiger partial charge in [0.2, 0.25) is 0 Å². The molecule has 0 aliphatic carbocycles. The van der Waals surface area contributed by atoms with Crippen LogP contribution in [0.2, 0.25) is 0 Å². The maximum atomic E-state index is 13.3. The van der Waals surface area contributed by atoms with Crippen molar-refractivity contribution in [2.45, 2.75) is 19.9 Å². The van der Waals surface area contributed by atoms with E-state index in [0.29, 0.717) is 22.6 Å². The lowest BCUT2D eigenvalue weighted by Gasteiger charge is -2.27. The number of Topliss-reactive ketones (excluding diaryl/α,β-unsaturated/α-hetero) is 1. The van der Waals surface area contributed by atoms with Crippen molar-refractivity contribution in [1.29, 1.82) is 0 Å². The van der Waals surface area contributed by atoms with Gasteiger partial charge < -0.3 is 9.84 Å². The molecule has 4 rings (SSSR count). The van der Waals surface area contributed by atoms with Gasteiger partial charge in [-0.25, -0.2) is 0 Å². The summed E-state index contributed by atoms with van der Waals surface area (Å²) in [6.45, 7) is 3.81. The number of anilines is 1. The molecule has 32 heavy (non-hydrogen) atoms. The number of ether oxygens (including phenoxy) is 1. The monoisotopic (exact) mass is 491 g/mol. The summed E-state index contributed by atoms with van der Waals surface area (Å²) in [5.41, 5.74) is 3.54. The summed E-state index contributed by atoms with van der Waals surface area (Å²) in [5.74, 6) is -1.12. The molecule has 3 aromatic carbocycles. The van der Waals surface area contributed by atoms with Crippen LogP contribution in [0.15, 0.2) is 76.8 Å². The van der Waals surface area contributed by atoms with E-state index in [-0.39, 0.29) is 11.3 Å². The Morgan fingerprint density at radius 3 is 2.44 bits per heavy atom. The highest BCUT2D eigenvalue weighted by Gasteiger charge is 2.47. The van der Waals surface area contributed by atoms with Gasteiger partial charge in [-0.2, -0.15) is 0 Å². The SMILES string of the molecule is COc1ccccc1C1/C(=C(\O)c2ccc(Br)c(C)c2)C(=O)C(=O)N1c1cccc(C)c1. The molecule has 1 amide bonds. The van der Waals surface area contributed by atoms with E-state index in [2.05, 4.69) is 15.9 Å². The number of benzene rings is 3. The van der Waals surface area contributed by atoms with E-state index in [1.54, 1.807) is 36.4 Å². The number of aliphatic hydroxyl groups excluding tert-OH is 1. The molecule has 0 aromatic heterocycles. The minimum Gasteiger partial charge on any atom is -0.507 e. The first kappa shape index (κ1) is 21.8. The first-order valence-electron chi connectivity index (χ1n) is 10.1. The largest absolute Gasteiger partial charge is 0.507 e. The minimum absolute atomic E-state index is 0.0303. The molecule has 3 aromatic rings. The highest BCUT2D eigenvalue weighted by molar-refractivity contribution is 9.10. The summed E-state index contributed by atoms with van der Waals surface area (Å²) < 4.78 is 6.43. The Hall–Kier alpha value is -3.38. The number of para-hydroxylation sites is 1. The molecule has 1 heterocycles. The number of ketones is 1. The lowest BCUT2D eigenvalue weighted by atomic mass is 9.94. The zero-order valence-electron chi connectivity index (χ0n) is 17.9. The Balaban J connectivity index is 2.00. The van der Waals surface area contributed by atoms with Crippen LogP contribution in [-0.4, -0.2) is 23.9 Å². The molecule has 1 unspecified atom stereocenters. The summed E-state index contributed by atoms with van der Waals surface area (Å²) in [6, 6.07) is 19.1. The van der Waals surface area contributed by atoms with Crippen LogP contribution in [-0.2, 0) is 9.59 Å². The van der Waals surface area contributed by atoms with Crippen molar-refractivity contribution < 1.29 is 19.4 Å². The molecule has 0 bridgehead atoms. The number of aryl methyl sites for hydroxylation is 2. The quantitative estimate of drug-likeness (QED) is 0.288. The second-order valence-electron chi connectivity index (χ2n) is 7.71. The third kappa shape index (κ3) is 3.71. The zero-order valence-corrected chi connectivity index (χ0v) is 19.5. The highest BCUT2D eigenvalue weighted by Crippen LogP contribution is 2.45. The molecule has 1 fully saturated rings. The van der Waals surface area contributed by atoms with Crippen LogP contribution in [0.25, 0.3) is 5.76 Å². The van der Waals surface area contributed by atoms with Crippen molar-refractivity contribution in [1.82, 2.24) is 0 Å². The molecular formula is C26H22BrNO4. The van der Waals surface area contributed by atoms with Gasteiger partial charge in [0.1, 0.15) is 11.5 Å². The number of nitrogens with zero attached hydrogens (tertiary/aromatic N) is 1. The molecule has 1 N–H and O–H groups in total. The van der Waals surface area contributed by atoms with Crippen LogP contribution >= 0.6 is 15.9 Å². The first-order chi connectivity index (χ1) is 15.3. The average Bonchev–Trinajstić information content (AvgIpc) is 3.05. The predicted octanol–water partition coefficient (Wildman–Crippen LogP) is 5.70. The van der Waals surface area contributed by atoms with Gasteiger partial charge in [-0.3, -0.25) is 14.5 Å². The van der Waals surface area contributed by atoms with Gasteiger partial charge in [0.25, 0.3) is 11.7 Å². The van der Waals surface area contributed by atoms with Crippen molar-refractivity contribution in [2.24, 2.45) is 0 Å². The van der Waals surface area contributed by atoms with Crippen LogP contribution in [0, 0.1) is 13.8 Å². The second kappa shape index (κ2) is 8.63. The smallest absolute Gasteiger partial charge is 0.300 e. The van der Waals surface area contributed by atoms with Gasteiger partial charge in [-0.05, 0) is 55.3 Å². The molecule has 1 saturated heterocycles. The Morgan fingerprint density at radius 1 is 1.00 bits per heavy atom. The Labute approximate surface area is 195 Å². The fourth-order valence-electron chi connectivity index (χ4n) is 4.01. The molecule has 1 atom stereocenters. The molecule has 5 nitrogen and oxygen atoms in total. The topological polar surface area (TPSA) is 66.8 Å². The Morgan fingerprint density at radius 2 is 1.75 bits per heavy atom. The zero-order chi connectivity index (χ0) is 23.0. The number of carbonyl (C=O) groups is 2. The standard InChI is InChI=1S/C26H22BrNO4/c1-15-7-6-8-18(13-15)28-23(19-9-4-5-10-21(19)32-3)22(25(30)26(28)31)24(29)17-11-12-20(27)16(2)14-17/h4-14,23,29H,1-3H3/b24-22+. The van der Waals surface area contributed by atoms with Crippen LogP contribution in [0.1, 0.15) is 28.3 Å². The average molecular weight is 492 g/mol. The van der Waals surface area contributed by atoms with Crippen molar-refractivity contribution in [2.75, 3.05) is 12.0 Å². The third-order valence-corrected chi connectivity index (χ3v) is 6.48. The molecule has 0 saturated carbocycles. The van der Waals surface area contributed by atoms with Crippen LogP contribution in [0.4, 0.5) is 5.69 Å². The molecule has 162 valence electrons. The van der Waals surface area contributed by atoms with E-state index < -0.39 is 17.7 Å². The fraction of sp³-hybridized carbons (Fsp3) is 0.154.